The molecular formula is C22H25FN6O4. The Labute approximate surface area is 189 Å². The molecule has 3 heterocycles. The zero-order chi connectivity index (χ0) is 23.1. The molecule has 2 aromatic rings. The summed E-state index contributed by atoms with van der Waals surface area (Å²) >= 11 is 0. The van der Waals surface area contributed by atoms with Crippen LogP contribution >= 0.6 is 0 Å². The van der Waals surface area contributed by atoms with Gasteiger partial charge in [0, 0.05) is 23.7 Å². The van der Waals surface area contributed by atoms with Crippen LogP contribution in [0.4, 0.5) is 25.5 Å². The van der Waals surface area contributed by atoms with Crippen LogP contribution < -0.4 is 15.5 Å². The number of nitrogens with one attached hydrogen (secondary N) is 2. The van der Waals surface area contributed by atoms with E-state index in [0.717, 1.165) is 18.4 Å². The summed E-state index contributed by atoms with van der Waals surface area (Å²) in [6.07, 6.45) is 0.850. The van der Waals surface area contributed by atoms with Crippen molar-refractivity contribution in [2.75, 3.05) is 30.0 Å². The topological polar surface area (TPSA) is 120 Å². The number of benzene rings is 1. The second kappa shape index (κ2) is 8.47. The number of carbonyl (C=O) groups is 2. The molecule has 10 nitrogen and oxygen atoms in total. The highest BCUT2D eigenvalue weighted by atomic mass is 19.1. The number of nitrogens with zero attached hydrogens (tertiary/aromatic N) is 4. The fourth-order valence-electron chi connectivity index (χ4n) is 4.11. The van der Waals surface area contributed by atoms with E-state index < -0.39 is 17.9 Å². The second-order valence-corrected chi connectivity index (χ2v) is 8.62. The summed E-state index contributed by atoms with van der Waals surface area (Å²) in [6, 6.07) is 4.19. The van der Waals surface area contributed by atoms with Crippen molar-refractivity contribution < 1.29 is 23.8 Å². The Morgan fingerprint density at radius 3 is 2.76 bits per heavy atom. The largest absolute Gasteiger partial charge is 0.465 e. The number of aromatic nitrogens is 2. The third-order valence-electron chi connectivity index (χ3n) is 6.06. The van der Waals surface area contributed by atoms with E-state index in [1.54, 1.807) is 6.07 Å². The summed E-state index contributed by atoms with van der Waals surface area (Å²) in [5.74, 6) is 0.361. The van der Waals surface area contributed by atoms with Crippen molar-refractivity contribution in [2.45, 2.75) is 44.9 Å². The Kier molecular flexibility index (Phi) is 5.49. The number of carbonyl (C=O) groups excluding carboxylic acids is 1. The molecule has 33 heavy (non-hydrogen) atoms. The summed E-state index contributed by atoms with van der Waals surface area (Å²) in [5.41, 5.74) is 1.89. The maximum atomic E-state index is 14.8. The Morgan fingerprint density at radius 2 is 2.06 bits per heavy atom. The van der Waals surface area contributed by atoms with Gasteiger partial charge in [-0.1, -0.05) is 0 Å². The number of halogens is 1. The third-order valence-corrected chi connectivity index (χ3v) is 6.06. The molecule has 1 aromatic heterocycles. The van der Waals surface area contributed by atoms with Gasteiger partial charge in [-0.25, -0.2) is 23.9 Å². The van der Waals surface area contributed by atoms with Crippen LogP contribution in [0.5, 0.6) is 0 Å². The number of hydrogen-bond acceptors (Lipinski definition) is 6. The number of anilines is 2. The molecule has 1 aromatic carbocycles. The number of hydrogen-bond donors (Lipinski definition) is 3. The van der Waals surface area contributed by atoms with Gasteiger partial charge in [0.25, 0.3) is 0 Å². The molecule has 0 spiro atoms. The molecule has 1 unspecified atom stereocenters. The van der Waals surface area contributed by atoms with E-state index in [9.17, 15) is 19.1 Å². The molecule has 3 aliphatic rings. The van der Waals surface area contributed by atoms with Crippen molar-refractivity contribution in [3.8, 4) is 11.4 Å². The maximum absolute atomic E-state index is 14.8. The Bertz CT molecular complexity index is 1110. The van der Waals surface area contributed by atoms with E-state index in [1.165, 1.54) is 17.0 Å². The summed E-state index contributed by atoms with van der Waals surface area (Å²) in [5, 5.41) is 14.8. The zero-order valence-corrected chi connectivity index (χ0v) is 18.2. The predicted molar refractivity (Wildman–Crippen MR) is 118 cm³/mol. The molecule has 5 rings (SSSR count). The van der Waals surface area contributed by atoms with Crippen LogP contribution in [0.2, 0.25) is 0 Å². The van der Waals surface area contributed by atoms with E-state index >= 15 is 0 Å². The molecular weight excluding hydrogens is 431 g/mol. The second-order valence-electron chi connectivity index (χ2n) is 8.62. The Balaban J connectivity index is 1.47. The number of morpholine rings is 1. The normalized spacial score (nSPS) is 19.9. The van der Waals surface area contributed by atoms with Gasteiger partial charge >= 0.3 is 12.1 Å². The zero-order valence-electron chi connectivity index (χ0n) is 18.2. The van der Waals surface area contributed by atoms with Crippen molar-refractivity contribution in [1.82, 2.24) is 20.2 Å². The van der Waals surface area contributed by atoms with Gasteiger partial charge in [-0.15, -0.1) is 0 Å². The molecule has 0 radical (unpaired) electrons. The van der Waals surface area contributed by atoms with E-state index in [0.29, 0.717) is 42.7 Å². The van der Waals surface area contributed by atoms with Crippen molar-refractivity contribution in [1.29, 1.82) is 0 Å². The molecule has 1 saturated heterocycles. The van der Waals surface area contributed by atoms with Gasteiger partial charge in [0.2, 0.25) is 0 Å². The van der Waals surface area contributed by atoms with E-state index in [1.807, 2.05) is 6.92 Å². The molecule has 1 aliphatic carbocycles. The van der Waals surface area contributed by atoms with Gasteiger partial charge in [-0.3, -0.25) is 4.90 Å². The average Bonchev–Trinajstić information content (AvgIpc) is 3.48. The van der Waals surface area contributed by atoms with Crippen LogP contribution in [0.3, 0.4) is 0 Å². The SMILES string of the molecule is CC1COCCN1c1nc(-c2ccc(NC(=O)NC3CC3)c(F)c2)nc2c1CN(C(=O)O)C2. The van der Waals surface area contributed by atoms with E-state index in [2.05, 4.69) is 20.5 Å². The summed E-state index contributed by atoms with van der Waals surface area (Å²) in [4.78, 5) is 36.2. The number of urea groups is 1. The molecule has 2 aliphatic heterocycles. The lowest BCUT2D eigenvalue weighted by Gasteiger charge is -2.35. The lowest BCUT2D eigenvalue weighted by Crippen LogP contribution is -2.44. The van der Waals surface area contributed by atoms with E-state index in [-0.39, 0.29) is 30.9 Å². The smallest absolute Gasteiger partial charge is 0.407 e. The maximum Gasteiger partial charge on any atom is 0.407 e. The summed E-state index contributed by atoms with van der Waals surface area (Å²) in [7, 11) is 0. The molecule has 1 saturated carbocycles. The minimum absolute atomic E-state index is 0.0535. The first kappa shape index (κ1) is 21.4. The number of carboxylic acid groups (broad SMARTS) is 1. The molecule has 1 atom stereocenters. The third kappa shape index (κ3) is 4.40. The van der Waals surface area contributed by atoms with Gasteiger partial charge in [0.05, 0.1) is 43.7 Å². The lowest BCUT2D eigenvalue weighted by atomic mass is 10.1. The standard InChI is InChI=1S/C22H25FN6O4/c1-12-11-33-7-6-29(12)20-15-9-28(22(31)32)10-18(15)25-19(27-20)13-2-5-17(16(23)8-13)26-21(30)24-14-3-4-14/h2,5,8,12,14H,3-4,6-7,9-11H2,1H3,(H,31,32)(H2,24,26,30). The van der Waals surface area contributed by atoms with Gasteiger partial charge in [-0.05, 0) is 38.0 Å². The monoisotopic (exact) mass is 456 g/mol. The van der Waals surface area contributed by atoms with Gasteiger partial charge in [-0.2, -0.15) is 0 Å². The van der Waals surface area contributed by atoms with Gasteiger partial charge in [0.15, 0.2) is 5.82 Å². The van der Waals surface area contributed by atoms with Gasteiger partial charge < -0.3 is 25.4 Å². The molecule has 3 N–H and O–H groups in total. The van der Waals surface area contributed by atoms with Crippen LogP contribution in [0.25, 0.3) is 11.4 Å². The highest BCUT2D eigenvalue weighted by Crippen LogP contribution is 2.34. The first-order valence-electron chi connectivity index (χ1n) is 11.0. The number of ether oxygens (including phenoxy) is 1. The lowest BCUT2D eigenvalue weighted by molar-refractivity contribution is 0.0983. The minimum Gasteiger partial charge on any atom is -0.465 e. The van der Waals surface area contributed by atoms with Crippen LogP contribution in [0.1, 0.15) is 31.0 Å². The molecule has 3 amide bonds. The van der Waals surface area contributed by atoms with Crippen LogP contribution in [-0.4, -0.2) is 63.9 Å². The summed E-state index contributed by atoms with van der Waals surface area (Å²) < 4.78 is 20.3. The minimum atomic E-state index is -1.03. The number of rotatable bonds is 4. The highest BCUT2D eigenvalue weighted by molar-refractivity contribution is 5.90. The summed E-state index contributed by atoms with van der Waals surface area (Å²) in [6.45, 7) is 4.06. The predicted octanol–water partition coefficient (Wildman–Crippen LogP) is 2.79. The average molecular weight is 456 g/mol. The highest BCUT2D eigenvalue weighted by Gasteiger charge is 2.32. The Morgan fingerprint density at radius 1 is 1.24 bits per heavy atom. The van der Waals surface area contributed by atoms with Crippen molar-refractivity contribution in [3.05, 3.63) is 35.3 Å². The quantitative estimate of drug-likeness (QED) is 0.647. The molecule has 2 fully saturated rings. The van der Waals surface area contributed by atoms with Crippen LogP contribution in [-0.2, 0) is 17.8 Å². The first-order valence-corrected chi connectivity index (χ1v) is 11.0. The molecule has 11 heteroatoms. The first-order chi connectivity index (χ1) is 15.9. The van der Waals surface area contributed by atoms with Crippen molar-refractivity contribution >= 4 is 23.6 Å². The van der Waals surface area contributed by atoms with Crippen LogP contribution in [0.15, 0.2) is 18.2 Å². The van der Waals surface area contributed by atoms with E-state index in [4.69, 9.17) is 9.72 Å². The number of fused-ring (bicyclic) bond motifs is 1. The van der Waals surface area contributed by atoms with Gasteiger partial charge in [0.1, 0.15) is 11.6 Å². The Hall–Kier alpha value is -3.47. The van der Waals surface area contributed by atoms with Crippen molar-refractivity contribution in [2.24, 2.45) is 0 Å². The number of amides is 3. The molecule has 174 valence electrons. The fourth-order valence-corrected chi connectivity index (χ4v) is 4.11. The van der Waals surface area contributed by atoms with Crippen molar-refractivity contribution in [3.63, 3.8) is 0 Å². The van der Waals surface area contributed by atoms with Crippen LogP contribution in [0, 0.1) is 5.82 Å². The molecule has 0 bridgehead atoms. The fraction of sp³-hybridized carbons (Fsp3) is 0.455.